The molecule has 0 aliphatic rings. The molecule has 1 aromatic heterocycles. The number of anilines is 4. The van der Waals surface area contributed by atoms with Gasteiger partial charge in [0.15, 0.2) is 5.82 Å². The number of halogens is 3. The van der Waals surface area contributed by atoms with E-state index < -0.39 is 11.7 Å². The molecule has 0 bridgehead atoms. The molecular formula is C23H22F3N5. The summed E-state index contributed by atoms with van der Waals surface area (Å²) in [6.07, 6.45) is -1.82. The Morgan fingerprint density at radius 3 is 2.06 bits per heavy atom. The molecule has 0 radical (unpaired) electrons. The van der Waals surface area contributed by atoms with Crippen LogP contribution in [-0.2, 0) is 12.6 Å². The Morgan fingerprint density at radius 1 is 0.935 bits per heavy atom. The Balaban J connectivity index is 2.00. The number of hydrogen-bond acceptors (Lipinski definition) is 5. The van der Waals surface area contributed by atoms with Gasteiger partial charge in [-0.05, 0) is 48.4 Å². The monoisotopic (exact) mass is 425 g/mol. The number of rotatable bonds is 6. The van der Waals surface area contributed by atoms with Crippen LogP contribution in [0.2, 0.25) is 0 Å². The molecule has 3 rings (SSSR count). The van der Waals surface area contributed by atoms with E-state index in [0.717, 1.165) is 24.7 Å². The van der Waals surface area contributed by atoms with Gasteiger partial charge in [-0.2, -0.15) is 23.4 Å². The van der Waals surface area contributed by atoms with E-state index in [0.29, 0.717) is 11.3 Å². The Labute approximate surface area is 179 Å². The normalized spacial score (nSPS) is 11.1. The second kappa shape index (κ2) is 9.04. The van der Waals surface area contributed by atoms with Crippen molar-refractivity contribution in [3.8, 4) is 6.07 Å². The zero-order valence-corrected chi connectivity index (χ0v) is 17.5. The average Bonchev–Trinajstić information content (AvgIpc) is 2.78. The maximum Gasteiger partial charge on any atom is 0.421 e. The first-order valence-electron chi connectivity index (χ1n) is 9.75. The topological polar surface area (TPSA) is 56.1 Å². The van der Waals surface area contributed by atoms with Gasteiger partial charge >= 0.3 is 6.18 Å². The van der Waals surface area contributed by atoms with Crippen LogP contribution in [0.5, 0.6) is 0 Å². The molecule has 0 atom stereocenters. The molecule has 1 heterocycles. The SMILES string of the molecule is CCCc1ccc(N(C)c2ncc(C(F)(F)F)c(N(C)c3ccc(C#N)cc3)n2)cc1. The van der Waals surface area contributed by atoms with Crippen LogP contribution >= 0.6 is 0 Å². The van der Waals surface area contributed by atoms with Crippen molar-refractivity contribution < 1.29 is 13.2 Å². The van der Waals surface area contributed by atoms with Gasteiger partial charge in [-0.1, -0.05) is 25.5 Å². The van der Waals surface area contributed by atoms with E-state index in [4.69, 9.17) is 5.26 Å². The van der Waals surface area contributed by atoms with Gasteiger partial charge in [0.25, 0.3) is 0 Å². The van der Waals surface area contributed by atoms with Gasteiger partial charge in [-0.3, -0.25) is 0 Å². The molecular weight excluding hydrogens is 403 g/mol. The van der Waals surface area contributed by atoms with E-state index in [1.807, 2.05) is 30.3 Å². The summed E-state index contributed by atoms with van der Waals surface area (Å²) in [5.74, 6) is -0.122. The second-order valence-corrected chi connectivity index (χ2v) is 7.10. The van der Waals surface area contributed by atoms with E-state index in [1.54, 1.807) is 36.2 Å². The summed E-state index contributed by atoms with van der Waals surface area (Å²) in [4.78, 5) is 11.2. The molecule has 31 heavy (non-hydrogen) atoms. The van der Waals surface area contributed by atoms with E-state index in [2.05, 4.69) is 16.9 Å². The fraction of sp³-hybridized carbons (Fsp3) is 0.261. The van der Waals surface area contributed by atoms with Crippen LogP contribution in [0.15, 0.2) is 54.7 Å². The predicted octanol–water partition coefficient (Wildman–Crippen LogP) is 5.86. The van der Waals surface area contributed by atoms with Gasteiger partial charge in [0, 0.05) is 31.7 Å². The van der Waals surface area contributed by atoms with Crippen molar-refractivity contribution in [2.75, 3.05) is 23.9 Å². The fourth-order valence-electron chi connectivity index (χ4n) is 3.15. The molecule has 160 valence electrons. The third-order valence-electron chi connectivity index (χ3n) is 4.93. The predicted molar refractivity (Wildman–Crippen MR) is 115 cm³/mol. The lowest BCUT2D eigenvalue weighted by Gasteiger charge is -2.25. The molecule has 0 saturated heterocycles. The highest BCUT2D eigenvalue weighted by molar-refractivity contribution is 5.66. The Kier molecular flexibility index (Phi) is 6.44. The van der Waals surface area contributed by atoms with E-state index in [9.17, 15) is 13.2 Å². The second-order valence-electron chi connectivity index (χ2n) is 7.10. The highest BCUT2D eigenvalue weighted by Crippen LogP contribution is 2.38. The van der Waals surface area contributed by atoms with Crippen molar-refractivity contribution in [1.29, 1.82) is 5.26 Å². The standard InChI is InChI=1S/C23H22F3N5/c1-4-5-16-6-10-19(11-7-16)31(3)22-28-15-20(23(24,25)26)21(29-22)30(2)18-12-8-17(14-27)9-13-18/h6-13,15H,4-5H2,1-3H3. The minimum atomic E-state index is -4.62. The van der Waals surface area contributed by atoms with Crippen LogP contribution in [0.3, 0.4) is 0 Å². The van der Waals surface area contributed by atoms with Crippen molar-refractivity contribution in [2.24, 2.45) is 0 Å². The molecule has 8 heteroatoms. The molecule has 0 amide bonds. The van der Waals surface area contributed by atoms with Gasteiger partial charge in [0.1, 0.15) is 5.56 Å². The first-order valence-corrected chi connectivity index (χ1v) is 9.75. The Morgan fingerprint density at radius 2 is 1.52 bits per heavy atom. The molecule has 3 aromatic rings. The zero-order chi connectivity index (χ0) is 22.6. The molecule has 0 saturated carbocycles. The van der Waals surface area contributed by atoms with Crippen molar-refractivity contribution in [1.82, 2.24) is 9.97 Å². The minimum absolute atomic E-state index is 0.145. The summed E-state index contributed by atoms with van der Waals surface area (Å²) >= 11 is 0. The Hall–Kier alpha value is -3.60. The van der Waals surface area contributed by atoms with Crippen LogP contribution in [0.25, 0.3) is 0 Å². The Bertz CT molecular complexity index is 1070. The first-order chi connectivity index (χ1) is 14.7. The summed E-state index contributed by atoms with van der Waals surface area (Å²) < 4.78 is 41.0. The van der Waals surface area contributed by atoms with Crippen molar-refractivity contribution in [3.63, 3.8) is 0 Å². The van der Waals surface area contributed by atoms with E-state index in [1.165, 1.54) is 17.5 Å². The van der Waals surface area contributed by atoms with Crippen molar-refractivity contribution in [2.45, 2.75) is 25.9 Å². The lowest BCUT2D eigenvalue weighted by Crippen LogP contribution is -2.21. The highest BCUT2D eigenvalue weighted by atomic mass is 19.4. The van der Waals surface area contributed by atoms with Crippen molar-refractivity contribution in [3.05, 3.63) is 71.4 Å². The number of aryl methyl sites for hydroxylation is 1. The van der Waals surface area contributed by atoms with Crippen LogP contribution in [0.1, 0.15) is 30.0 Å². The number of nitrogens with zero attached hydrogens (tertiary/aromatic N) is 5. The molecule has 0 N–H and O–H groups in total. The number of benzene rings is 2. The maximum absolute atomic E-state index is 13.7. The van der Waals surface area contributed by atoms with Crippen LogP contribution in [0, 0.1) is 11.3 Å². The van der Waals surface area contributed by atoms with E-state index in [-0.39, 0.29) is 11.8 Å². The lowest BCUT2D eigenvalue weighted by atomic mass is 10.1. The first kappa shape index (κ1) is 22.1. The molecule has 0 aliphatic carbocycles. The molecule has 0 spiro atoms. The highest BCUT2D eigenvalue weighted by Gasteiger charge is 2.37. The summed E-state index contributed by atoms with van der Waals surface area (Å²) in [6, 6.07) is 16.0. The third kappa shape index (κ3) is 4.94. The molecule has 2 aromatic carbocycles. The minimum Gasteiger partial charge on any atom is -0.329 e. The van der Waals surface area contributed by atoms with Gasteiger partial charge in [-0.15, -0.1) is 0 Å². The number of aromatic nitrogens is 2. The summed E-state index contributed by atoms with van der Waals surface area (Å²) in [6.45, 7) is 2.10. The van der Waals surface area contributed by atoms with Crippen LogP contribution in [-0.4, -0.2) is 24.1 Å². The molecule has 0 fully saturated rings. The molecule has 5 nitrogen and oxygen atoms in total. The largest absolute Gasteiger partial charge is 0.421 e. The average molecular weight is 425 g/mol. The fourth-order valence-corrected chi connectivity index (χ4v) is 3.15. The lowest BCUT2D eigenvalue weighted by molar-refractivity contribution is -0.137. The van der Waals surface area contributed by atoms with Gasteiger partial charge in [-0.25, -0.2) is 4.98 Å². The van der Waals surface area contributed by atoms with Gasteiger partial charge in [0.05, 0.1) is 11.6 Å². The van der Waals surface area contributed by atoms with E-state index >= 15 is 0 Å². The van der Waals surface area contributed by atoms with Crippen LogP contribution < -0.4 is 9.80 Å². The summed E-state index contributed by atoms with van der Waals surface area (Å²) in [5, 5.41) is 8.95. The molecule has 0 unspecified atom stereocenters. The summed E-state index contributed by atoms with van der Waals surface area (Å²) in [5.41, 5.74) is 1.92. The molecule has 0 aliphatic heterocycles. The van der Waals surface area contributed by atoms with Crippen molar-refractivity contribution >= 4 is 23.1 Å². The number of hydrogen-bond donors (Lipinski definition) is 0. The van der Waals surface area contributed by atoms with Crippen LogP contribution in [0.4, 0.5) is 36.3 Å². The number of nitriles is 1. The number of alkyl halides is 3. The third-order valence-corrected chi connectivity index (χ3v) is 4.93. The zero-order valence-electron chi connectivity index (χ0n) is 17.5. The van der Waals surface area contributed by atoms with Gasteiger partial charge < -0.3 is 9.80 Å². The smallest absolute Gasteiger partial charge is 0.329 e. The van der Waals surface area contributed by atoms with Gasteiger partial charge in [0.2, 0.25) is 5.95 Å². The summed E-state index contributed by atoms with van der Waals surface area (Å²) in [7, 11) is 3.21. The quantitative estimate of drug-likeness (QED) is 0.495. The maximum atomic E-state index is 13.7.